The molecule has 1 aromatic heterocycles. The van der Waals surface area contributed by atoms with Gasteiger partial charge in [-0.3, -0.25) is 14.9 Å². The molecule has 1 aliphatic heterocycles. The van der Waals surface area contributed by atoms with E-state index in [1.54, 1.807) is 19.1 Å². The number of hydrogen-bond acceptors (Lipinski definition) is 8. The van der Waals surface area contributed by atoms with E-state index in [0.29, 0.717) is 43.2 Å². The summed E-state index contributed by atoms with van der Waals surface area (Å²) in [7, 11) is 0. The Morgan fingerprint density at radius 2 is 2.10 bits per heavy atom. The lowest BCUT2D eigenvalue weighted by molar-refractivity contribution is -0.383. The Labute approximate surface area is 173 Å². The highest BCUT2D eigenvalue weighted by Crippen LogP contribution is 2.36. The van der Waals surface area contributed by atoms with Gasteiger partial charge in [-0.25, -0.2) is 9.97 Å². The fourth-order valence-electron chi connectivity index (χ4n) is 3.25. The second-order valence-electron chi connectivity index (χ2n) is 6.75. The molecule has 0 aliphatic carbocycles. The molecule has 10 heteroatoms. The van der Waals surface area contributed by atoms with Gasteiger partial charge in [0.05, 0.1) is 17.4 Å². The van der Waals surface area contributed by atoms with Gasteiger partial charge in [0, 0.05) is 23.8 Å². The van der Waals surface area contributed by atoms with Crippen LogP contribution in [0.1, 0.15) is 25.3 Å². The fraction of sp³-hybridized carbons (Fsp3) is 0.421. The summed E-state index contributed by atoms with van der Waals surface area (Å²) in [6.45, 7) is 4.92. The van der Waals surface area contributed by atoms with E-state index in [9.17, 15) is 14.9 Å². The van der Waals surface area contributed by atoms with Crippen LogP contribution in [0.2, 0.25) is 5.02 Å². The maximum absolute atomic E-state index is 11.9. The third kappa shape index (κ3) is 4.73. The van der Waals surface area contributed by atoms with Crippen LogP contribution in [0.5, 0.6) is 0 Å². The Morgan fingerprint density at radius 3 is 2.72 bits per heavy atom. The molecule has 0 saturated carbocycles. The Hall–Kier alpha value is -2.94. The molecule has 0 spiro atoms. The molecule has 0 amide bonds. The predicted octanol–water partition coefficient (Wildman–Crippen LogP) is 3.87. The molecule has 0 bridgehead atoms. The third-order valence-corrected chi connectivity index (χ3v) is 5.24. The molecule has 0 unspecified atom stereocenters. The number of carbonyl (C=O) groups excluding carboxylic acids is 1. The monoisotopic (exact) mass is 419 g/mol. The summed E-state index contributed by atoms with van der Waals surface area (Å²) in [4.78, 5) is 33.3. The van der Waals surface area contributed by atoms with Crippen molar-refractivity contribution in [1.82, 2.24) is 9.97 Å². The molecular formula is C19H22ClN5O4. The second-order valence-corrected chi connectivity index (χ2v) is 7.16. The summed E-state index contributed by atoms with van der Waals surface area (Å²) in [5.74, 6) is -0.0946. The first-order valence-electron chi connectivity index (χ1n) is 9.34. The summed E-state index contributed by atoms with van der Waals surface area (Å²) in [6.07, 6.45) is 2.39. The highest BCUT2D eigenvalue weighted by molar-refractivity contribution is 6.31. The van der Waals surface area contributed by atoms with Crippen LogP contribution in [0.4, 0.5) is 23.0 Å². The normalized spacial score (nSPS) is 14.5. The Balaban J connectivity index is 1.83. The van der Waals surface area contributed by atoms with Crippen molar-refractivity contribution in [3.63, 3.8) is 0 Å². The first-order chi connectivity index (χ1) is 13.9. The standard InChI is InChI=1S/C19H22ClN5O4/c1-3-29-19(26)13-6-8-24(9-7-13)18-16(25(27)28)17(21-11-22-18)23-14-5-4-12(2)15(20)10-14/h4-5,10-11,13H,3,6-9H2,1-2H3,(H,21,22,23). The smallest absolute Gasteiger partial charge is 0.353 e. The number of nitro groups is 1. The summed E-state index contributed by atoms with van der Waals surface area (Å²) in [6, 6.07) is 5.28. The summed E-state index contributed by atoms with van der Waals surface area (Å²) in [5, 5.41) is 15.3. The van der Waals surface area contributed by atoms with Crippen LogP contribution in [0, 0.1) is 23.0 Å². The summed E-state index contributed by atoms with van der Waals surface area (Å²) < 4.78 is 5.08. The van der Waals surface area contributed by atoms with Gasteiger partial charge >= 0.3 is 11.7 Å². The lowest BCUT2D eigenvalue weighted by Gasteiger charge is -2.31. The number of carbonyl (C=O) groups is 1. The highest BCUT2D eigenvalue weighted by Gasteiger charge is 2.32. The van der Waals surface area contributed by atoms with Crippen LogP contribution < -0.4 is 10.2 Å². The zero-order chi connectivity index (χ0) is 21.0. The molecule has 2 aromatic rings. The van der Waals surface area contributed by atoms with Crippen molar-refractivity contribution in [3.05, 3.63) is 45.2 Å². The minimum Gasteiger partial charge on any atom is -0.466 e. The molecule has 3 rings (SSSR count). The lowest BCUT2D eigenvalue weighted by Crippen LogP contribution is -2.37. The number of nitrogens with one attached hydrogen (secondary N) is 1. The van der Waals surface area contributed by atoms with Gasteiger partial charge in [0.1, 0.15) is 6.33 Å². The second kappa shape index (κ2) is 9.04. The molecule has 1 fully saturated rings. The van der Waals surface area contributed by atoms with Gasteiger partial charge in [-0.2, -0.15) is 0 Å². The van der Waals surface area contributed by atoms with Crippen molar-refractivity contribution in [1.29, 1.82) is 0 Å². The van der Waals surface area contributed by atoms with Crippen molar-refractivity contribution >= 4 is 40.6 Å². The van der Waals surface area contributed by atoms with Crippen LogP contribution in [0.3, 0.4) is 0 Å². The predicted molar refractivity (Wildman–Crippen MR) is 110 cm³/mol. The number of aromatic nitrogens is 2. The molecule has 29 heavy (non-hydrogen) atoms. The van der Waals surface area contributed by atoms with Gasteiger partial charge in [-0.05, 0) is 44.4 Å². The van der Waals surface area contributed by atoms with E-state index in [1.807, 2.05) is 17.9 Å². The Kier molecular flexibility index (Phi) is 6.48. The molecule has 154 valence electrons. The van der Waals surface area contributed by atoms with Gasteiger partial charge in [0.25, 0.3) is 0 Å². The SMILES string of the molecule is CCOC(=O)C1CCN(c2ncnc(Nc3ccc(C)c(Cl)c3)c2[N+](=O)[O-])CC1. The Morgan fingerprint density at radius 1 is 1.38 bits per heavy atom. The number of nitrogens with zero attached hydrogens (tertiary/aromatic N) is 4. The number of halogens is 1. The van der Waals surface area contributed by atoms with Gasteiger partial charge in [0.15, 0.2) is 0 Å². The average molecular weight is 420 g/mol. The van der Waals surface area contributed by atoms with Crippen LogP contribution in [0.15, 0.2) is 24.5 Å². The largest absolute Gasteiger partial charge is 0.466 e. The Bertz CT molecular complexity index is 915. The number of rotatable bonds is 6. The summed E-state index contributed by atoms with van der Waals surface area (Å²) >= 11 is 6.14. The quantitative estimate of drug-likeness (QED) is 0.426. The lowest BCUT2D eigenvalue weighted by atomic mass is 9.97. The van der Waals surface area contributed by atoms with Crippen molar-refractivity contribution in [2.45, 2.75) is 26.7 Å². The first-order valence-corrected chi connectivity index (χ1v) is 9.72. The maximum Gasteiger partial charge on any atom is 0.353 e. The van der Waals surface area contributed by atoms with Gasteiger partial charge in [0.2, 0.25) is 11.6 Å². The first kappa shape index (κ1) is 20.8. The third-order valence-electron chi connectivity index (χ3n) is 4.83. The van der Waals surface area contributed by atoms with Crippen molar-refractivity contribution < 1.29 is 14.5 Å². The highest BCUT2D eigenvalue weighted by atomic mass is 35.5. The fourth-order valence-corrected chi connectivity index (χ4v) is 3.44. The van der Waals surface area contributed by atoms with Crippen LogP contribution in [-0.2, 0) is 9.53 Å². The van der Waals surface area contributed by atoms with Crippen molar-refractivity contribution in [2.75, 3.05) is 29.9 Å². The number of piperidine rings is 1. The van der Waals surface area contributed by atoms with E-state index in [-0.39, 0.29) is 29.2 Å². The van der Waals surface area contributed by atoms with E-state index in [4.69, 9.17) is 16.3 Å². The molecule has 0 radical (unpaired) electrons. The number of aryl methyl sites for hydroxylation is 1. The van der Waals surface area contributed by atoms with Crippen LogP contribution >= 0.6 is 11.6 Å². The van der Waals surface area contributed by atoms with Gasteiger partial charge < -0.3 is 15.0 Å². The molecule has 1 N–H and O–H groups in total. The van der Waals surface area contributed by atoms with Crippen LogP contribution in [-0.4, -0.2) is 40.6 Å². The van der Waals surface area contributed by atoms with E-state index >= 15 is 0 Å². The topological polar surface area (TPSA) is 110 Å². The summed E-state index contributed by atoms with van der Waals surface area (Å²) in [5.41, 5.74) is 1.28. The number of anilines is 3. The molecule has 2 heterocycles. The zero-order valence-electron chi connectivity index (χ0n) is 16.2. The van der Waals surface area contributed by atoms with Gasteiger partial charge in [-0.1, -0.05) is 17.7 Å². The van der Waals surface area contributed by atoms with E-state index in [0.717, 1.165) is 5.56 Å². The maximum atomic E-state index is 11.9. The molecule has 1 aromatic carbocycles. The van der Waals surface area contributed by atoms with Crippen LogP contribution in [0.25, 0.3) is 0 Å². The number of esters is 1. The number of hydrogen-bond donors (Lipinski definition) is 1. The minimum absolute atomic E-state index is 0.0902. The zero-order valence-corrected chi connectivity index (χ0v) is 17.0. The number of ether oxygens (including phenoxy) is 1. The molecule has 1 saturated heterocycles. The molecular weight excluding hydrogens is 398 g/mol. The van der Waals surface area contributed by atoms with Gasteiger partial charge in [-0.15, -0.1) is 0 Å². The minimum atomic E-state index is -0.495. The molecule has 0 atom stereocenters. The number of benzene rings is 1. The van der Waals surface area contributed by atoms with E-state index in [1.165, 1.54) is 6.33 Å². The van der Waals surface area contributed by atoms with Crippen molar-refractivity contribution in [2.24, 2.45) is 5.92 Å². The van der Waals surface area contributed by atoms with E-state index in [2.05, 4.69) is 15.3 Å². The average Bonchev–Trinajstić information content (AvgIpc) is 2.71. The van der Waals surface area contributed by atoms with Crippen molar-refractivity contribution in [3.8, 4) is 0 Å². The molecule has 9 nitrogen and oxygen atoms in total. The van der Waals surface area contributed by atoms with E-state index < -0.39 is 4.92 Å². The molecule has 1 aliphatic rings.